The zero-order valence-electron chi connectivity index (χ0n) is 13.6. The summed E-state index contributed by atoms with van der Waals surface area (Å²) in [6.07, 6.45) is 2.09. The highest BCUT2D eigenvalue weighted by atomic mass is 19.1. The van der Waals surface area contributed by atoms with Crippen molar-refractivity contribution < 1.29 is 13.9 Å². The summed E-state index contributed by atoms with van der Waals surface area (Å²) in [7, 11) is 1.67. The summed E-state index contributed by atoms with van der Waals surface area (Å²) >= 11 is 0. The van der Waals surface area contributed by atoms with Crippen LogP contribution in [0.25, 0.3) is 0 Å². The minimum atomic E-state index is -0.299. The van der Waals surface area contributed by atoms with E-state index < -0.39 is 0 Å². The average Bonchev–Trinajstić information content (AvgIpc) is 2.57. The van der Waals surface area contributed by atoms with Gasteiger partial charge in [-0.3, -0.25) is 4.79 Å². The zero-order chi connectivity index (χ0) is 16.7. The Morgan fingerprint density at radius 2 is 1.83 bits per heavy atom. The highest BCUT2D eigenvalue weighted by Crippen LogP contribution is 2.16. The summed E-state index contributed by atoms with van der Waals surface area (Å²) in [5, 5.41) is 0. The van der Waals surface area contributed by atoms with Crippen molar-refractivity contribution in [3.8, 4) is 5.75 Å². The molecule has 2 aromatic rings. The van der Waals surface area contributed by atoms with Crippen LogP contribution in [0.1, 0.15) is 35.7 Å². The molecule has 0 bridgehead atoms. The van der Waals surface area contributed by atoms with Crippen molar-refractivity contribution in [1.82, 2.24) is 4.90 Å². The molecule has 3 nitrogen and oxygen atoms in total. The maximum Gasteiger partial charge on any atom is 0.253 e. The Hall–Kier alpha value is -2.36. The maximum absolute atomic E-state index is 13.7. The fraction of sp³-hybridized carbons (Fsp3) is 0.316. The number of ether oxygens (including phenoxy) is 1. The molecule has 0 saturated carbocycles. The normalized spacial score (nSPS) is 10.4. The number of rotatable bonds is 7. The quantitative estimate of drug-likeness (QED) is 0.714. The van der Waals surface area contributed by atoms with E-state index in [9.17, 15) is 9.18 Å². The van der Waals surface area contributed by atoms with Gasteiger partial charge in [0.1, 0.15) is 11.6 Å². The summed E-state index contributed by atoms with van der Waals surface area (Å²) in [4.78, 5) is 13.9. The second-order valence-corrected chi connectivity index (χ2v) is 5.48. The monoisotopic (exact) mass is 315 g/mol. The van der Waals surface area contributed by atoms with Gasteiger partial charge in [0, 0.05) is 24.7 Å². The van der Waals surface area contributed by atoms with E-state index in [1.54, 1.807) is 49.5 Å². The van der Waals surface area contributed by atoms with Crippen LogP contribution in [0, 0.1) is 5.82 Å². The Morgan fingerprint density at radius 1 is 1.13 bits per heavy atom. The molecule has 0 atom stereocenters. The van der Waals surface area contributed by atoms with Gasteiger partial charge in [-0.05, 0) is 36.8 Å². The van der Waals surface area contributed by atoms with Gasteiger partial charge in [0.25, 0.3) is 5.91 Å². The van der Waals surface area contributed by atoms with Crippen molar-refractivity contribution in [3.05, 3.63) is 65.5 Å². The largest absolute Gasteiger partial charge is 0.494 e. The highest BCUT2D eigenvalue weighted by Gasteiger charge is 2.13. The van der Waals surface area contributed by atoms with Gasteiger partial charge in [-0.15, -0.1) is 0 Å². The molecule has 0 spiro atoms. The van der Waals surface area contributed by atoms with Crippen LogP contribution in [0.15, 0.2) is 48.5 Å². The minimum absolute atomic E-state index is 0.145. The van der Waals surface area contributed by atoms with Crippen LogP contribution in [0.2, 0.25) is 0 Å². The van der Waals surface area contributed by atoms with Gasteiger partial charge in [-0.2, -0.15) is 0 Å². The molecule has 0 saturated heterocycles. The van der Waals surface area contributed by atoms with Gasteiger partial charge in [-0.25, -0.2) is 4.39 Å². The number of halogens is 1. The lowest BCUT2D eigenvalue weighted by Crippen LogP contribution is -2.26. The van der Waals surface area contributed by atoms with Crippen molar-refractivity contribution in [2.75, 3.05) is 13.7 Å². The van der Waals surface area contributed by atoms with Gasteiger partial charge in [0.05, 0.1) is 6.61 Å². The molecule has 0 N–H and O–H groups in total. The van der Waals surface area contributed by atoms with Crippen LogP contribution < -0.4 is 4.74 Å². The van der Waals surface area contributed by atoms with Gasteiger partial charge in [0.15, 0.2) is 0 Å². The van der Waals surface area contributed by atoms with E-state index >= 15 is 0 Å². The van der Waals surface area contributed by atoms with Crippen LogP contribution in [0.4, 0.5) is 4.39 Å². The molecule has 0 aliphatic heterocycles. The number of nitrogens with zero attached hydrogens (tertiary/aromatic N) is 1. The first-order chi connectivity index (χ1) is 11.1. The van der Waals surface area contributed by atoms with E-state index in [0.717, 1.165) is 18.6 Å². The lowest BCUT2D eigenvalue weighted by Gasteiger charge is -2.18. The molecule has 23 heavy (non-hydrogen) atoms. The van der Waals surface area contributed by atoms with Crippen molar-refractivity contribution >= 4 is 5.91 Å². The van der Waals surface area contributed by atoms with E-state index in [2.05, 4.69) is 6.92 Å². The third kappa shape index (κ3) is 4.81. The average molecular weight is 315 g/mol. The lowest BCUT2D eigenvalue weighted by molar-refractivity contribution is 0.0784. The Balaban J connectivity index is 1.98. The van der Waals surface area contributed by atoms with Gasteiger partial charge < -0.3 is 9.64 Å². The molecule has 0 fully saturated rings. The van der Waals surface area contributed by atoms with E-state index in [0.29, 0.717) is 17.7 Å². The number of carbonyl (C=O) groups is 1. The minimum Gasteiger partial charge on any atom is -0.494 e. The van der Waals surface area contributed by atoms with Crippen LogP contribution in [-0.4, -0.2) is 24.5 Å². The molecular weight excluding hydrogens is 293 g/mol. The first-order valence-electron chi connectivity index (χ1n) is 7.83. The summed E-state index contributed by atoms with van der Waals surface area (Å²) in [6, 6.07) is 13.5. The van der Waals surface area contributed by atoms with Crippen LogP contribution in [0.3, 0.4) is 0 Å². The maximum atomic E-state index is 13.7. The Morgan fingerprint density at radius 3 is 2.48 bits per heavy atom. The Kier molecular flexibility index (Phi) is 6.15. The molecule has 2 aromatic carbocycles. The zero-order valence-corrected chi connectivity index (χ0v) is 13.6. The Bertz CT molecular complexity index is 640. The number of carbonyl (C=O) groups excluding carboxylic acids is 1. The fourth-order valence-corrected chi connectivity index (χ4v) is 2.20. The number of amides is 1. The third-order valence-electron chi connectivity index (χ3n) is 3.58. The number of unbranched alkanes of at least 4 members (excludes halogenated alkanes) is 1. The molecule has 0 heterocycles. The predicted octanol–water partition coefficient (Wildman–Crippen LogP) is 4.28. The number of hydrogen-bond donors (Lipinski definition) is 0. The molecule has 1 amide bonds. The van der Waals surface area contributed by atoms with Crippen LogP contribution in [-0.2, 0) is 6.54 Å². The topological polar surface area (TPSA) is 29.5 Å². The molecule has 0 radical (unpaired) electrons. The molecule has 0 aromatic heterocycles. The van der Waals surface area contributed by atoms with Crippen molar-refractivity contribution in [1.29, 1.82) is 0 Å². The SMILES string of the molecule is CCCCOc1ccc(C(=O)N(C)Cc2ccccc2F)cc1. The summed E-state index contributed by atoms with van der Waals surface area (Å²) in [6.45, 7) is 3.02. The van der Waals surface area contributed by atoms with Gasteiger partial charge >= 0.3 is 0 Å². The second kappa shape index (κ2) is 8.32. The first-order valence-corrected chi connectivity index (χ1v) is 7.83. The molecule has 122 valence electrons. The third-order valence-corrected chi connectivity index (χ3v) is 3.58. The molecule has 2 rings (SSSR count). The summed E-state index contributed by atoms with van der Waals surface area (Å²) in [5.74, 6) is 0.312. The number of hydrogen-bond acceptors (Lipinski definition) is 2. The molecule has 0 unspecified atom stereocenters. The number of benzene rings is 2. The van der Waals surface area contributed by atoms with Crippen LogP contribution >= 0.6 is 0 Å². The lowest BCUT2D eigenvalue weighted by atomic mass is 10.1. The van der Waals surface area contributed by atoms with Gasteiger partial charge in [-0.1, -0.05) is 31.5 Å². The van der Waals surface area contributed by atoms with E-state index in [4.69, 9.17) is 4.74 Å². The highest BCUT2D eigenvalue weighted by molar-refractivity contribution is 5.94. The molecule has 0 aliphatic rings. The molecule has 0 aliphatic carbocycles. The van der Waals surface area contributed by atoms with E-state index in [-0.39, 0.29) is 18.3 Å². The Labute approximate surface area is 136 Å². The van der Waals surface area contributed by atoms with E-state index in [1.165, 1.54) is 11.0 Å². The standard InChI is InChI=1S/C19H22FNO2/c1-3-4-13-23-17-11-9-15(10-12-17)19(22)21(2)14-16-7-5-6-8-18(16)20/h5-12H,3-4,13-14H2,1-2H3. The summed E-state index contributed by atoms with van der Waals surface area (Å²) in [5.41, 5.74) is 1.06. The van der Waals surface area contributed by atoms with Crippen molar-refractivity contribution in [2.24, 2.45) is 0 Å². The molecule has 4 heteroatoms. The summed E-state index contributed by atoms with van der Waals surface area (Å²) < 4.78 is 19.2. The van der Waals surface area contributed by atoms with Crippen molar-refractivity contribution in [2.45, 2.75) is 26.3 Å². The molecular formula is C19H22FNO2. The van der Waals surface area contributed by atoms with Crippen LogP contribution in [0.5, 0.6) is 5.75 Å². The van der Waals surface area contributed by atoms with Gasteiger partial charge in [0.2, 0.25) is 0 Å². The van der Waals surface area contributed by atoms with E-state index in [1.807, 2.05) is 0 Å². The first kappa shape index (κ1) is 17.0. The predicted molar refractivity (Wildman–Crippen MR) is 89.0 cm³/mol. The smallest absolute Gasteiger partial charge is 0.253 e. The second-order valence-electron chi connectivity index (χ2n) is 5.48. The van der Waals surface area contributed by atoms with Crippen molar-refractivity contribution in [3.63, 3.8) is 0 Å². The fourth-order valence-electron chi connectivity index (χ4n) is 2.20.